The third-order valence-electron chi connectivity index (χ3n) is 1.97. The SMILES string of the molecule is CCCCCCCC=CC=COS(=O)(=O)[O-].[Na+]. The monoisotopic (exact) mass is 270 g/mol. The second kappa shape index (κ2) is 12.6. The molecule has 0 N–H and O–H groups in total. The van der Waals surface area contributed by atoms with Crippen molar-refractivity contribution in [2.45, 2.75) is 45.4 Å². The summed E-state index contributed by atoms with van der Waals surface area (Å²) in [5.41, 5.74) is 0. The van der Waals surface area contributed by atoms with Crippen molar-refractivity contribution in [3.63, 3.8) is 0 Å². The summed E-state index contributed by atoms with van der Waals surface area (Å²) in [5.74, 6) is 0. The van der Waals surface area contributed by atoms with E-state index in [9.17, 15) is 13.0 Å². The minimum absolute atomic E-state index is 0. The average molecular weight is 270 g/mol. The quantitative estimate of drug-likeness (QED) is 0.146. The van der Waals surface area contributed by atoms with Gasteiger partial charge in [0.25, 0.3) is 10.4 Å². The second-order valence-electron chi connectivity index (χ2n) is 3.46. The number of hydrogen-bond donors (Lipinski definition) is 0. The zero-order valence-electron chi connectivity index (χ0n) is 10.6. The molecule has 0 rings (SSSR count). The molecule has 94 valence electrons. The van der Waals surface area contributed by atoms with Gasteiger partial charge in [0.2, 0.25) is 0 Å². The Bertz CT molecular complexity index is 309. The standard InChI is InChI=1S/C11H20O4S.Na/c1-2-3-4-5-6-7-8-9-10-11-15-16(12,13)14;/h8-11H,2-7H2,1H3,(H,12,13,14);/q;+1/p-1. The molecular weight excluding hydrogens is 251 g/mol. The van der Waals surface area contributed by atoms with Gasteiger partial charge >= 0.3 is 29.6 Å². The first-order chi connectivity index (χ1) is 7.56. The van der Waals surface area contributed by atoms with Crippen molar-refractivity contribution in [2.24, 2.45) is 0 Å². The number of hydrogen-bond acceptors (Lipinski definition) is 4. The second-order valence-corrected chi connectivity index (χ2v) is 4.47. The third kappa shape index (κ3) is 18.7. The molecule has 0 amide bonds. The fourth-order valence-electron chi connectivity index (χ4n) is 1.19. The van der Waals surface area contributed by atoms with Gasteiger partial charge in [0, 0.05) is 0 Å². The molecule has 0 fully saturated rings. The number of unbranched alkanes of at least 4 members (excludes halogenated alkanes) is 5. The van der Waals surface area contributed by atoms with E-state index in [0.717, 1.165) is 19.1 Å². The van der Waals surface area contributed by atoms with Gasteiger partial charge in [-0.1, -0.05) is 44.8 Å². The number of rotatable bonds is 9. The van der Waals surface area contributed by atoms with Crippen molar-refractivity contribution < 1.29 is 46.7 Å². The fourth-order valence-corrected chi connectivity index (χ4v) is 1.39. The molecule has 0 unspecified atom stereocenters. The van der Waals surface area contributed by atoms with E-state index in [1.54, 1.807) is 6.08 Å². The molecule has 0 bridgehead atoms. The van der Waals surface area contributed by atoms with Crippen LogP contribution in [0.15, 0.2) is 24.5 Å². The van der Waals surface area contributed by atoms with E-state index in [0.29, 0.717) is 0 Å². The molecule has 0 saturated heterocycles. The van der Waals surface area contributed by atoms with Crippen molar-refractivity contribution in [1.29, 1.82) is 0 Å². The summed E-state index contributed by atoms with van der Waals surface area (Å²) in [6.45, 7) is 2.18. The van der Waals surface area contributed by atoms with Crippen LogP contribution in [-0.2, 0) is 14.6 Å². The first-order valence-electron chi connectivity index (χ1n) is 5.52. The molecular formula is C11H19NaO4S. The van der Waals surface area contributed by atoms with E-state index in [4.69, 9.17) is 0 Å². The fraction of sp³-hybridized carbons (Fsp3) is 0.636. The molecule has 0 aromatic heterocycles. The Hall–Kier alpha value is 0.190. The van der Waals surface area contributed by atoms with Gasteiger partial charge in [-0.3, -0.25) is 0 Å². The summed E-state index contributed by atoms with van der Waals surface area (Å²) in [5, 5.41) is 0. The minimum atomic E-state index is -4.60. The molecule has 0 aromatic carbocycles. The van der Waals surface area contributed by atoms with Gasteiger partial charge in [-0.2, -0.15) is 0 Å². The predicted octanol–water partition coefficient (Wildman–Crippen LogP) is -0.102. The van der Waals surface area contributed by atoms with Gasteiger partial charge < -0.3 is 8.74 Å². The van der Waals surface area contributed by atoms with Crippen molar-refractivity contribution in [2.75, 3.05) is 0 Å². The van der Waals surface area contributed by atoms with Crippen LogP contribution in [0.25, 0.3) is 0 Å². The normalized spacial score (nSPS) is 11.9. The summed E-state index contributed by atoms with van der Waals surface area (Å²) in [6.07, 6.45) is 12.9. The molecule has 6 heteroatoms. The zero-order valence-corrected chi connectivity index (χ0v) is 13.4. The molecule has 0 aromatic rings. The Morgan fingerprint density at radius 2 is 1.76 bits per heavy atom. The summed E-state index contributed by atoms with van der Waals surface area (Å²) >= 11 is 0. The van der Waals surface area contributed by atoms with E-state index in [2.05, 4.69) is 11.1 Å². The van der Waals surface area contributed by atoms with Crippen LogP contribution in [0.1, 0.15) is 45.4 Å². The van der Waals surface area contributed by atoms with Gasteiger partial charge in [-0.15, -0.1) is 0 Å². The largest absolute Gasteiger partial charge is 1.00 e. The molecule has 0 spiro atoms. The minimum Gasteiger partial charge on any atom is -0.716 e. The summed E-state index contributed by atoms with van der Waals surface area (Å²) in [7, 11) is -4.60. The Kier molecular flexibility index (Phi) is 14.5. The molecule has 0 saturated carbocycles. The molecule has 0 atom stereocenters. The first kappa shape index (κ1) is 19.5. The Morgan fingerprint density at radius 1 is 1.12 bits per heavy atom. The maximum Gasteiger partial charge on any atom is 1.00 e. The van der Waals surface area contributed by atoms with Crippen molar-refractivity contribution in [1.82, 2.24) is 0 Å². The summed E-state index contributed by atoms with van der Waals surface area (Å²) in [6, 6.07) is 0. The maximum atomic E-state index is 10.0. The van der Waals surface area contributed by atoms with Crippen molar-refractivity contribution >= 4 is 10.4 Å². The van der Waals surface area contributed by atoms with E-state index >= 15 is 0 Å². The van der Waals surface area contributed by atoms with Gasteiger partial charge in [0.1, 0.15) is 6.26 Å². The van der Waals surface area contributed by atoms with Crippen LogP contribution < -0.4 is 29.6 Å². The smallest absolute Gasteiger partial charge is 0.716 e. The average Bonchev–Trinajstić information content (AvgIpc) is 2.19. The molecule has 0 radical (unpaired) electrons. The van der Waals surface area contributed by atoms with E-state index in [1.165, 1.54) is 31.8 Å². The Morgan fingerprint density at radius 3 is 2.35 bits per heavy atom. The van der Waals surface area contributed by atoms with Crippen LogP contribution in [0.2, 0.25) is 0 Å². The van der Waals surface area contributed by atoms with Gasteiger partial charge in [0.15, 0.2) is 0 Å². The summed E-state index contributed by atoms with van der Waals surface area (Å²) < 4.78 is 33.9. The van der Waals surface area contributed by atoms with Gasteiger partial charge in [-0.25, -0.2) is 8.42 Å². The van der Waals surface area contributed by atoms with Gasteiger partial charge in [-0.05, 0) is 18.9 Å². The van der Waals surface area contributed by atoms with Crippen LogP contribution in [0, 0.1) is 0 Å². The molecule has 0 aliphatic rings. The van der Waals surface area contributed by atoms with E-state index in [1.807, 2.05) is 6.08 Å². The number of allylic oxidation sites excluding steroid dienone is 3. The first-order valence-corrected chi connectivity index (χ1v) is 6.85. The summed E-state index contributed by atoms with van der Waals surface area (Å²) in [4.78, 5) is 0. The molecule has 0 aliphatic heterocycles. The van der Waals surface area contributed by atoms with Crippen LogP contribution in [0.5, 0.6) is 0 Å². The van der Waals surface area contributed by atoms with Crippen molar-refractivity contribution in [3.05, 3.63) is 24.5 Å². The Labute approximate surface area is 126 Å². The molecule has 4 nitrogen and oxygen atoms in total. The van der Waals surface area contributed by atoms with Crippen LogP contribution in [-0.4, -0.2) is 13.0 Å². The van der Waals surface area contributed by atoms with Crippen LogP contribution >= 0.6 is 0 Å². The van der Waals surface area contributed by atoms with Crippen LogP contribution in [0.4, 0.5) is 0 Å². The molecule has 17 heavy (non-hydrogen) atoms. The maximum absolute atomic E-state index is 10.0. The molecule has 0 heterocycles. The van der Waals surface area contributed by atoms with Crippen molar-refractivity contribution in [3.8, 4) is 0 Å². The third-order valence-corrected chi connectivity index (χ3v) is 2.32. The van der Waals surface area contributed by atoms with E-state index < -0.39 is 10.4 Å². The van der Waals surface area contributed by atoms with Crippen LogP contribution in [0.3, 0.4) is 0 Å². The predicted molar refractivity (Wildman–Crippen MR) is 62.4 cm³/mol. The van der Waals surface area contributed by atoms with Gasteiger partial charge in [0.05, 0.1) is 0 Å². The Balaban J connectivity index is 0. The topological polar surface area (TPSA) is 66.4 Å². The molecule has 0 aliphatic carbocycles. The zero-order chi connectivity index (χ0) is 12.3. The van der Waals surface area contributed by atoms with E-state index in [-0.39, 0.29) is 29.6 Å².